The summed E-state index contributed by atoms with van der Waals surface area (Å²) in [6.07, 6.45) is 3.29. The monoisotopic (exact) mass is 326 g/mol. The number of amides is 1. The normalized spacial score (nSPS) is 10.1. The minimum absolute atomic E-state index is 0.227. The van der Waals surface area contributed by atoms with Crippen molar-refractivity contribution in [1.82, 2.24) is 9.97 Å². The molecule has 2 heterocycles. The van der Waals surface area contributed by atoms with Gasteiger partial charge < -0.3 is 5.32 Å². The van der Waals surface area contributed by atoms with E-state index in [2.05, 4.69) is 36.5 Å². The van der Waals surface area contributed by atoms with Gasteiger partial charge in [0.25, 0.3) is 5.91 Å². The van der Waals surface area contributed by atoms with Crippen molar-refractivity contribution in [3.63, 3.8) is 0 Å². The lowest BCUT2D eigenvalue weighted by atomic mass is 10.2. The number of thiazole rings is 1. The number of nitrogens with one attached hydrogen (secondary N) is 2. The zero-order valence-corrected chi connectivity index (χ0v) is 12.0. The first-order valence-electron chi connectivity index (χ1n) is 5.31. The zero-order valence-electron chi connectivity index (χ0n) is 9.61. The largest absolute Gasteiger partial charge is 0.370 e. The van der Waals surface area contributed by atoms with E-state index < -0.39 is 0 Å². The van der Waals surface area contributed by atoms with Crippen LogP contribution in [-0.2, 0) is 0 Å². The predicted molar refractivity (Wildman–Crippen MR) is 76.2 cm³/mol. The summed E-state index contributed by atoms with van der Waals surface area (Å²) in [6.45, 7) is 2.65. The van der Waals surface area contributed by atoms with Gasteiger partial charge in [0.1, 0.15) is 5.82 Å². The highest BCUT2D eigenvalue weighted by atomic mass is 79.9. The number of halogens is 1. The fourth-order valence-corrected chi connectivity index (χ4v) is 2.23. The summed E-state index contributed by atoms with van der Waals surface area (Å²) in [7, 11) is 0. The molecule has 0 fully saturated rings. The molecule has 0 aliphatic heterocycles. The van der Waals surface area contributed by atoms with E-state index in [0.717, 1.165) is 4.47 Å². The SMILES string of the molecule is CCNc1ncc(Br)cc1C(=O)Nc1nccs1. The lowest BCUT2D eigenvalue weighted by Crippen LogP contribution is -2.15. The molecule has 2 aromatic heterocycles. The second-order valence-corrected chi connectivity index (χ2v) is 5.18. The average molecular weight is 327 g/mol. The van der Waals surface area contributed by atoms with E-state index in [9.17, 15) is 4.79 Å². The van der Waals surface area contributed by atoms with E-state index in [0.29, 0.717) is 23.1 Å². The number of pyridine rings is 1. The van der Waals surface area contributed by atoms with Gasteiger partial charge >= 0.3 is 0 Å². The highest BCUT2D eigenvalue weighted by Gasteiger charge is 2.14. The molecule has 0 aliphatic rings. The van der Waals surface area contributed by atoms with Crippen LogP contribution in [0.5, 0.6) is 0 Å². The predicted octanol–water partition coefficient (Wildman–Crippen LogP) is 2.98. The van der Waals surface area contributed by atoms with Crippen molar-refractivity contribution in [3.8, 4) is 0 Å². The first kappa shape index (κ1) is 13.0. The minimum atomic E-state index is -0.227. The second-order valence-electron chi connectivity index (χ2n) is 3.37. The number of rotatable bonds is 4. The Hall–Kier alpha value is -1.47. The Labute approximate surface area is 117 Å². The van der Waals surface area contributed by atoms with Crippen LogP contribution in [0, 0.1) is 0 Å². The Morgan fingerprint density at radius 2 is 2.33 bits per heavy atom. The zero-order chi connectivity index (χ0) is 13.0. The smallest absolute Gasteiger partial charge is 0.261 e. The van der Waals surface area contributed by atoms with Gasteiger partial charge in [-0.05, 0) is 28.9 Å². The summed E-state index contributed by atoms with van der Waals surface area (Å²) >= 11 is 4.68. The number of carbonyl (C=O) groups is 1. The van der Waals surface area contributed by atoms with Gasteiger partial charge in [-0.3, -0.25) is 10.1 Å². The molecule has 0 atom stereocenters. The maximum Gasteiger partial charge on any atom is 0.261 e. The summed E-state index contributed by atoms with van der Waals surface area (Å²) < 4.78 is 0.758. The number of aromatic nitrogens is 2. The van der Waals surface area contributed by atoms with Crippen molar-refractivity contribution in [1.29, 1.82) is 0 Å². The Morgan fingerprint density at radius 1 is 1.50 bits per heavy atom. The van der Waals surface area contributed by atoms with Crippen molar-refractivity contribution in [2.75, 3.05) is 17.2 Å². The van der Waals surface area contributed by atoms with Gasteiger partial charge in [0.2, 0.25) is 0 Å². The van der Waals surface area contributed by atoms with E-state index in [1.165, 1.54) is 11.3 Å². The van der Waals surface area contributed by atoms with Crippen molar-refractivity contribution in [2.24, 2.45) is 0 Å². The maximum atomic E-state index is 12.1. The molecule has 2 rings (SSSR count). The van der Waals surface area contributed by atoms with Crippen LogP contribution in [0.3, 0.4) is 0 Å². The van der Waals surface area contributed by atoms with Gasteiger partial charge in [-0.25, -0.2) is 9.97 Å². The average Bonchev–Trinajstić information content (AvgIpc) is 2.84. The lowest BCUT2D eigenvalue weighted by molar-refractivity contribution is 0.102. The van der Waals surface area contributed by atoms with Crippen molar-refractivity contribution >= 4 is 44.1 Å². The molecule has 0 saturated carbocycles. The molecule has 0 aliphatic carbocycles. The molecule has 0 bridgehead atoms. The van der Waals surface area contributed by atoms with Gasteiger partial charge in [-0.1, -0.05) is 0 Å². The molecule has 7 heteroatoms. The van der Waals surface area contributed by atoms with E-state index in [1.807, 2.05) is 6.92 Å². The van der Waals surface area contributed by atoms with Crippen LogP contribution < -0.4 is 10.6 Å². The first-order chi connectivity index (χ1) is 8.70. The second kappa shape index (κ2) is 5.92. The Kier molecular flexibility index (Phi) is 4.27. The third-order valence-corrected chi connectivity index (χ3v) is 3.22. The number of hydrogen-bond acceptors (Lipinski definition) is 5. The third kappa shape index (κ3) is 3.05. The molecule has 2 aromatic rings. The Bertz CT molecular complexity index is 544. The molecule has 5 nitrogen and oxygen atoms in total. The van der Waals surface area contributed by atoms with Crippen LogP contribution in [-0.4, -0.2) is 22.4 Å². The van der Waals surface area contributed by atoms with Crippen molar-refractivity contribution < 1.29 is 4.79 Å². The minimum Gasteiger partial charge on any atom is -0.370 e. The standard InChI is InChI=1S/C11H11BrN4OS/c1-2-13-9-8(5-7(12)6-15-9)10(17)16-11-14-3-4-18-11/h3-6H,2H2,1H3,(H,13,15)(H,14,16,17). The number of nitrogens with zero attached hydrogens (tertiary/aromatic N) is 2. The van der Waals surface area contributed by atoms with E-state index in [1.54, 1.807) is 23.8 Å². The van der Waals surface area contributed by atoms with Gasteiger partial charge in [0, 0.05) is 28.8 Å². The topological polar surface area (TPSA) is 66.9 Å². The van der Waals surface area contributed by atoms with Crippen LogP contribution in [0.2, 0.25) is 0 Å². The third-order valence-electron chi connectivity index (χ3n) is 2.10. The van der Waals surface area contributed by atoms with Gasteiger partial charge in [0.15, 0.2) is 5.13 Å². The van der Waals surface area contributed by atoms with Gasteiger partial charge in [-0.15, -0.1) is 11.3 Å². The quantitative estimate of drug-likeness (QED) is 0.906. The molecule has 94 valence electrons. The summed E-state index contributed by atoms with van der Waals surface area (Å²) in [5.41, 5.74) is 0.487. The highest BCUT2D eigenvalue weighted by molar-refractivity contribution is 9.10. The molecule has 0 aromatic carbocycles. The summed E-state index contributed by atoms with van der Waals surface area (Å²) in [6, 6.07) is 1.73. The molecule has 0 saturated heterocycles. The number of anilines is 2. The molecule has 0 radical (unpaired) electrons. The van der Waals surface area contributed by atoms with Crippen molar-refractivity contribution in [2.45, 2.75) is 6.92 Å². The molecule has 0 spiro atoms. The Morgan fingerprint density at radius 3 is 3.00 bits per heavy atom. The van der Waals surface area contributed by atoms with Gasteiger partial charge in [0.05, 0.1) is 5.56 Å². The molecule has 2 N–H and O–H groups in total. The fourth-order valence-electron chi connectivity index (χ4n) is 1.37. The van der Waals surface area contributed by atoms with Crippen LogP contribution in [0.1, 0.15) is 17.3 Å². The first-order valence-corrected chi connectivity index (χ1v) is 6.98. The highest BCUT2D eigenvalue weighted by Crippen LogP contribution is 2.20. The number of hydrogen-bond donors (Lipinski definition) is 2. The Balaban J connectivity index is 2.25. The van der Waals surface area contributed by atoms with Crippen LogP contribution in [0.4, 0.5) is 10.9 Å². The van der Waals surface area contributed by atoms with Crippen LogP contribution in [0.25, 0.3) is 0 Å². The molecule has 0 unspecified atom stereocenters. The molecular formula is C11H11BrN4OS. The van der Waals surface area contributed by atoms with Crippen LogP contribution in [0.15, 0.2) is 28.3 Å². The van der Waals surface area contributed by atoms with Crippen molar-refractivity contribution in [3.05, 3.63) is 33.9 Å². The molecular weight excluding hydrogens is 316 g/mol. The van der Waals surface area contributed by atoms with Crippen LogP contribution >= 0.6 is 27.3 Å². The molecule has 1 amide bonds. The van der Waals surface area contributed by atoms with E-state index in [4.69, 9.17) is 0 Å². The van der Waals surface area contributed by atoms with Gasteiger partial charge in [-0.2, -0.15) is 0 Å². The lowest BCUT2D eigenvalue weighted by Gasteiger charge is -2.09. The summed E-state index contributed by atoms with van der Waals surface area (Å²) in [5, 5.41) is 8.16. The summed E-state index contributed by atoms with van der Waals surface area (Å²) in [4.78, 5) is 20.3. The maximum absolute atomic E-state index is 12.1. The molecule has 18 heavy (non-hydrogen) atoms. The number of carbonyl (C=O) groups excluding carboxylic acids is 1. The summed E-state index contributed by atoms with van der Waals surface area (Å²) in [5.74, 6) is 0.337. The fraction of sp³-hybridized carbons (Fsp3) is 0.182. The van der Waals surface area contributed by atoms with E-state index >= 15 is 0 Å². The van der Waals surface area contributed by atoms with E-state index in [-0.39, 0.29) is 5.91 Å².